The van der Waals surface area contributed by atoms with Crippen molar-refractivity contribution in [2.24, 2.45) is 0 Å². The van der Waals surface area contributed by atoms with E-state index in [0.29, 0.717) is 12.5 Å². The molecule has 0 aliphatic carbocycles. The topological polar surface area (TPSA) is 32.3 Å². The Balaban J connectivity index is 1.95. The summed E-state index contributed by atoms with van der Waals surface area (Å²) in [5.74, 6) is 0.158. The number of unbranched alkanes of at least 4 members (excludes halogenated alkanes) is 1. The first-order valence-corrected chi connectivity index (χ1v) is 8.72. The Morgan fingerprint density at radius 1 is 1.27 bits per heavy atom. The zero-order valence-electron chi connectivity index (χ0n) is 14.3. The van der Waals surface area contributed by atoms with E-state index < -0.39 is 0 Å². The Kier molecular flexibility index (Phi) is 6.44. The number of hydrogen-bond donors (Lipinski definition) is 1. The molecule has 1 aromatic carbocycles. The highest BCUT2D eigenvalue weighted by molar-refractivity contribution is 5.92. The van der Waals surface area contributed by atoms with Gasteiger partial charge in [0.05, 0.1) is 0 Å². The van der Waals surface area contributed by atoms with Gasteiger partial charge in [0.2, 0.25) is 5.91 Å². The number of nitrogens with zero attached hydrogens (tertiary/aromatic N) is 1. The van der Waals surface area contributed by atoms with Crippen molar-refractivity contribution in [2.45, 2.75) is 65.3 Å². The Morgan fingerprint density at radius 2 is 2.00 bits per heavy atom. The summed E-state index contributed by atoms with van der Waals surface area (Å²) in [6.07, 6.45) is 6.76. The van der Waals surface area contributed by atoms with E-state index in [1.807, 2.05) is 6.07 Å². The van der Waals surface area contributed by atoms with Gasteiger partial charge in [0.15, 0.2) is 0 Å². The maximum absolute atomic E-state index is 12.5. The van der Waals surface area contributed by atoms with Crippen molar-refractivity contribution in [3.8, 4) is 0 Å². The number of rotatable bonds is 6. The quantitative estimate of drug-likeness (QED) is 0.850. The number of hydrogen-bond acceptors (Lipinski definition) is 2. The molecule has 3 nitrogen and oxygen atoms in total. The number of carbonyl (C=O) groups excluding carboxylic acids is 1. The van der Waals surface area contributed by atoms with Gasteiger partial charge in [0.25, 0.3) is 0 Å². The second-order valence-corrected chi connectivity index (χ2v) is 6.56. The summed E-state index contributed by atoms with van der Waals surface area (Å²) in [5, 5.41) is 3.14. The Labute approximate surface area is 135 Å². The van der Waals surface area contributed by atoms with E-state index in [1.54, 1.807) is 0 Å². The van der Waals surface area contributed by atoms with Crippen molar-refractivity contribution in [3.63, 3.8) is 0 Å². The van der Waals surface area contributed by atoms with E-state index in [0.717, 1.165) is 36.3 Å². The van der Waals surface area contributed by atoms with E-state index in [9.17, 15) is 4.79 Å². The van der Waals surface area contributed by atoms with Crippen LogP contribution in [0.15, 0.2) is 18.2 Å². The van der Waals surface area contributed by atoms with Gasteiger partial charge >= 0.3 is 0 Å². The molecule has 2 rings (SSSR count). The average molecular weight is 302 g/mol. The standard InChI is InChI=1S/C19H30N2O/c1-4-5-12-21-13-7-6-11-17(21)14-18(22)20-19-15(2)9-8-10-16(19)3/h8-10,17H,4-7,11-14H2,1-3H3,(H,20,22). The summed E-state index contributed by atoms with van der Waals surface area (Å²) in [7, 11) is 0. The van der Waals surface area contributed by atoms with Crippen LogP contribution in [0.25, 0.3) is 0 Å². The number of nitrogens with one attached hydrogen (secondary N) is 1. The van der Waals surface area contributed by atoms with E-state index in [1.165, 1.54) is 25.7 Å². The minimum absolute atomic E-state index is 0.158. The molecule has 0 aromatic heterocycles. The van der Waals surface area contributed by atoms with Crippen LogP contribution in [0.1, 0.15) is 56.6 Å². The number of para-hydroxylation sites is 1. The van der Waals surface area contributed by atoms with Crippen LogP contribution in [-0.2, 0) is 4.79 Å². The van der Waals surface area contributed by atoms with Crippen LogP contribution in [0.2, 0.25) is 0 Å². The predicted molar refractivity (Wildman–Crippen MR) is 93.3 cm³/mol. The minimum Gasteiger partial charge on any atom is -0.326 e. The molecule has 1 amide bonds. The molecule has 0 radical (unpaired) electrons. The van der Waals surface area contributed by atoms with E-state index in [-0.39, 0.29) is 5.91 Å². The lowest BCUT2D eigenvalue weighted by Crippen LogP contribution is -2.42. The van der Waals surface area contributed by atoms with Crippen molar-refractivity contribution < 1.29 is 4.79 Å². The molecule has 1 aromatic rings. The summed E-state index contributed by atoms with van der Waals surface area (Å²) < 4.78 is 0. The molecular formula is C19H30N2O. The lowest BCUT2D eigenvalue weighted by molar-refractivity contribution is -0.117. The van der Waals surface area contributed by atoms with Crippen molar-refractivity contribution >= 4 is 11.6 Å². The number of aryl methyl sites for hydroxylation is 2. The first-order chi connectivity index (χ1) is 10.6. The molecule has 1 aliphatic heterocycles. The molecule has 22 heavy (non-hydrogen) atoms. The molecule has 1 fully saturated rings. The molecule has 1 N–H and O–H groups in total. The molecule has 1 aliphatic rings. The first kappa shape index (κ1) is 17.0. The lowest BCUT2D eigenvalue weighted by Gasteiger charge is -2.35. The molecule has 0 bridgehead atoms. The summed E-state index contributed by atoms with van der Waals surface area (Å²) >= 11 is 0. The molecule has 0 spiro atoms. The molecule has 3 heteroatoms. The SMILES string of the molecule is CCCCN1CCCCC1CC(=O)Nc1c(C)cccc1C. The highest BCUT2D eigenvalue weighted by Gasteiger charge is 2.24. The smallest absolute Gasteiger partial charge is 0.225 e. The number of amides is 1. The van der Waals surface area contributed by atoms with E-state index in [4.69, 9.17) is 0 Å². The Hall–Kier alpha value is -1.35. The lowest BCUT2D eigenvalue weighted by atomic mass is 9.98. The minimum atomic E-state index is 0.158. The molecular weight excluding hydrogens is 272 g/mol. The summed E-state index contributed by atoms with van der Waals surface area (Å²) in [6, 6.07) is 6.56. The predicted octanol–water partition coefficient (Wildman–Crippen LogP) is 4.29. The molecule has 122 valence electrons. The number of carbonyl (C=O) groups is 1. The Bertz CT molecular complexity index is 478. The van der Waals surface area contributed by atoms with Gasteiger partial charge in [-0.25, -0.2) is 0 Å². The number of benzene rings is 1. The highest BCUT2D eigenvalue weighted by atomic mass is 16.1. The van der Waals surface area contributed by atoms with Crippen LogP contribution in [0.3, 0.4) is 0 Å². The van der Waals surface area contributed by atoms with Crippen molar-refractivity contribution in [2.75, 3.05) is 18.4 Å². The van der Waals surface area contributed by atoms with Crippen LogP contribution in [0, 0.1) is 13.8 Å². The van der Waals surface area contributed by atoms with Gasteiger partial charge < -0.3 is 5.32 Å². The van der Waals surface area contributed by atoms with Gasteiger partial charge in [-0.15, -0.1) is 0 Å². The third-order valence-electron chi connectivity index (χ3n) is 4.71. The summed E-state index contributed by atoms with van der Waals surface area (Å²) in [4.78, 5) is 15.0. The van der Waals surface area contributed by atoms with Gasteiger partial charge in [0.1, 0.15) is 0 Å². The molecule has 1 unspecified atom stereocenters. The van der Waals surface area contributed by atoms with Gasteiger partial charge in [-0.05, 0) is 57.3 Å². The number of anilines is 1. The maximum Gasteiger partial charge on any atom is 0.225 e. The third-order valence-corrected chi connectivity index (χ3v) is 4.71. The zero-order chi connectivity index (χ0) is 15.9. The average Bonchev–Trinajstić information content (AvgIpc) is 2.50. The second kappa shape index (κ2) is 8.33. The maximum atomic E-state index is 12.5. The second-order valence-electron chi connectivity index (χ2n) is 6.56. The van der Waals surface area contributed by atoms with Gasteiger partial charge in [-0.2, -0.15) is 0 Å². The summed E-state index contributed by atoms with van der Waals surface area (Å²) in [6.45, 7) is 8.62. The van der Waals surface area contributed by atoms with Crippen molar-refractivity contribution in [1.82, 2.24) is 4.90 Å². The summed E-state index contributed by atoms with van der Waals surface area (Å²) in [5.41, 5.74) is 3.27. The fourth-order valence-corrected chi connectivity index (χ4v) is 3.36. The fraction of sp³-hybridized carbons (Fsp3) is 0.632. The molecule has 1 saturated heterocycles. The van der Waals surface area contributed by atoms with Gasteiger partial charge in [-0.1, -0.05) is 38.0 Å². The number of piperidine rings is 1. The largest absolute Gasteiger partial charge is 0.326 e. The normalized spacial score (nSPS) is 19.1. The van der Waals surface area contributed by atoms with Crippen molar-refractivity contribution in [3.05, 3.63) is 29.3 Å². The zero-order valence-corrected chi connectivity index (χ0v) is 14.3. The fourth-order valence-electron chi connectivity index (χ4n) is 3.36. The van der Waals surface area contributed by atoms with Crippen LogP contribution in [0.5, 0.6) is 0 Å². The van der Waals surface area contributed by atoms with E-state index in [2.05, 4.69) is 43.1 Å². The van der Waals surface area contributed by atoms with Crippen LogP contribution < -0.4 is 5.32 Å². The van der Waals surface area contributed by atoms with Crippen LogP contribution in [-0.4, -0.2) is 29.9 Å². The van der Waals surface area contributed by atoms with Crippen molar-refractivity contribution in [1.29, 1.82) is 0 Å². The monoisotopic (exact) mass is 302 g/mol. The molecule has 0 saturated carbocycles. The Morgan fingerprint density at radius 3 is 2.68 bits per heavy atom. The van der Waals surface area contributed by atoms with Crippen LogP contribution >= 0.6 is 0 Å². The molecule has 1 heterocycles. The molecule has 1 atom stereocenters. The first-order valence-electron chi connectivity index (χ1n) is 8.72. The van der Waals surface area contributed by atoms with E-state index >= 15 is 0 Å². The van der Waals surface area contributed by atoms with Crippen LogP contribution in [0.4, 0.5) is 5.69 Å². The highest BCUT2D eigenvalue weighted by Crippen LogP contribution is 2.23. The van der Waals surface area contributed by atoms with Gasteiger partial charge in [-0.3, -0.25) is 9.69 Å². The number of likely N-dealkylation sites (tertiary alicyclic amines) is 1. The van der Waals surface area contributed by atoms with Gasteiger partial charge in [0, 0.05) is 18.2 Å². The third kappa shape index (κ3) is 4.57.